The first-order chi connectivity index (χ1) is 8.19. The van der Waals surface area contributed by atoms with Crippen LogP contribution in [0.2, 0.25) is 5.02 Å². The van der Waals surface area contributed by atoms with Gasteiger partial charge in [-0.05, 0) is 36.8 Å². The van der Waals surface area contributed by atoms with E-state index in [1.807, 2.05) is 18.2 Å². The number of benzene rings is 1. The second-order valence-corrected chi connectivity index (χ2v) is 6.16. The molecule has 0 amide bonds. The Morgan fingerprint density at radius 1 is 1.24 bits per heavy atom. The lowest BCUT2D eigenvalue weighted by molar-refractivity contribution is 0.310. The SMILES string of the molecule is CCc1ccc(COc2cc(Br)ccc2Cl)s1. The molecule has 0 unspecified atom stereocenters. The maximum atomic E-state index is 6.05. The molecule has 0 spiro atoms. The van der Waals surface area contributed by atoms with Crippen LogP contribution in [-0.4, -0.2) is 0 Å². The summed E-state index contributed by atoms with van der Waals surface area (Å²) in [5, 5.41) is 0.639. The molecule has 0 aliphatic heterocycles. The molecule has 1 aromatic heterocycles. The standard InChI is InChI=1S/C13H12BrClOS/c1-2-10-4-5-11(17-10)8-16-13-7-9(14)3-6-12(13)15/h3-7H,2,8H2,1H3. The minimum Gasteiger partial charge on any atom is -0.486 e. The van der Waals surface area contributed by atoms with Gasteiger partial charge in [0.15, 0.2) is 0 Å². The van der Waals surface area contributed by atoms with Gasteiger partial charge in [0.05, 0.1) is 5.02 Å². The summed E-state index contributed by atoms with van der Waals surface area (Å²) in [4.78, 5) is 2.60. The van der Waals surface area contributed by atoms with E-state index < -0.39 is 0 Å². The molecule has 0 aliphatic carbocycles. The molecule has 0 radical (unpaired) electrons. The second-order valence-electron chi connectivity index (χ2n) is 3.58. The molecule has 0 saturated heterocycles. The van der Waals surface area contributed by atoms with E-state index in [2.05, 4.69) is 35.0 Å². The molecule has 0 aliphatic rings. The minimum absolute atomic E-state index is 0.570. The largest absolute Gasteiger partial charge is 0.486 e. The Balaban J connectivity index is 2.04. The fourth-order valence-corrected chi connectivity index (χ4v) is 2.81. The average Bonchev–Trinajstić information content (AvgIpc) is 2.78. The van der Waals surface area contributed by atoms with Crippen LogP contribution in [0, 0.1) is 0 Å². The van der Waals surface area contributed by atoms with Crippen molar-refractivity contribution in [2.24, 2.45) is 0 Å². The second kappa shape index (κ2) is 5.89. The Hall–Kier alpha value is -0.510. The highest BCUT2D eigenvalue weighted by Gasteiger charge is 2.04. The maximum absolute atomic E-state index is 6.05. The number of aryl methyl sites for hydroxylation is 1. The summed E-state index contributed by atoms with van der Waals surface area (Å²) >= 11 is 11.2. The van der Waals surface area contributed by atoms with E-state index in [1.54, 1.807) is 11.3 Å². The number of thiophene rings is 1. The number of hydrogen-bond acceptors (Lipinski definition) is 2. The van der Waals surface area contributed by atoms with Gasteiger partial charge in [-0.15, -0.1) is 11.3 Å². The van der Waals surface area contributed by atoms with Gasteiger partial charge in [-0.2, -0.15) is 0 Å². The highest BCUT2D eigenvalue weighted by molar-refractivity contribution is 9.10. The van der Waals surface area contributed by atoms with Gasteiger partial charge in [-0.25, -0.2) is 0 Å². The van der Waals surface area contributed by atoms with Crippen LogP contribution >= 0.6 is 38.9 Å². The van der Waals surface area contributed by atoms with Crippen molar-refractivity contribution in [3.63, 3.8) is 0 Å². The molecule has 1 nitrogen and oxygen atoms in total. The third kappa shape index (κ3) is 3.47. The van der Waals surface area contributed by atoms with Crippen LogP contribution < -0.4 is 4.74 Å². The molecule has 17 heavy (non-hydrogen) atoms. The predicted octanol–water partition coefficient (Wildman–Crippen LogP) is 5.31. The van der Waals surface area contributed by atoms with E-state index in [0.29, 0.717) is 17.4 Å². The summed E-state index contributed by atoms with van der Waals surface area (Å²) in [6.07, 6.45) is 1.07. The van der Waals surface area contributed by atoms with Crippen molar-refractivity contribution in [3.05, 3.63) is 49.6 Å². The molecule has 90 valence electrons. The summed E-state index contributed by atoms with van der Waals surface area (Å²) in [7, 11) is 0. The van der Waals surface area contributed by atoms with Crippen molar-refractivity contribution in [2.45, 2.75) is 20.0 Å². The van der Waals surface area contributed by atoms with Gasteiger partial charge >= 0.3 is 0 Å². The molecule has 2 aromatic rings. The van der Waals surface area contributed by atoms with E-state index in [0.717, 1.165) is 10.9 Å². The lowest BCUT2D eigenvalue weighted by Gasteiger charge is -2.06. The molecule has 1 aromatic carbocycles. The summed E-state index contributed by atoms with van der Waals surface area (Å²) in [6.45, 7) is 2.72. The monoisotopic (exact) mass is 330 g/mol. The fraction of sp³-hybridized carbons (Fsp3) is 0.231. The van der Waals surface area contributed by atoms with Crippen molar-refractivity contribution in [1.29, 1.82) is 0 Å². The van der Waals surface area contributed by atoms with Crippen LogP contribution in [0.15, 0.2) is 34.8 Å². The van der Waals surface area contributed by atoms with E-state index in [1.165, 1.54) is 9.75 Å². The topological polar surface area (TPSA) is 9.23 Å². The normalized spacial score (nSPS) is 10.5. The molecular weight excluding hydrogens is 320 g/mol. The molecule has 0 bridgehead atoms. The molecular formula is C13H12BrClOS. The number of ether oxygens (including phenoxy) is 1. The summed E-state index contributed by atoms with van der Waals surface area (Å²) in [5.41, 5.74) is 0. The van der Waals surface area contributed by atoms with Gasteiger partial charge in [0.25, 0.3) is 0 Å². The van der Waals surface area contributed by atoms with Gasteiger partial charge in [-0.1, -0.05) is 34.5 Å². The predicted molar refractivity (Wildman–Crippen MR) is 77.2 cm³/mol. The Morgan fingerprint density at radius 3 is 2.71 bits per heavy atom. The Bertz CT molecular complexity index is 510. The maximum Gasteiger partial charge on any atom is 0.139 e. The summed E-state index contributed by atoms with van der Waals surface area (Å²) in [5.74, 6) is 0.715. The zero-order valence-corrected chi connectivity index (χ0v) is 12.5. The van der Waals surface area contributed by atoms with Gasteiger partial charge in [-0.3, -0.25) is 0 Å². The first-order valence-electron chi connectivity index (χ1n) is 5.34. The van der Waals surface area contributed by atoms with E-state index in [-0.39, 0.29) is 0 Å². The average molecular weight is 332 g/mol. The molecule has 0 fully saturated rings. The number of halogens is 2. The quantitative estimate of drug-likeness (QED) is 0.738. The van der Waals surface area contributed by atoms with Crippen molar-refractivity contribution in [2.75, 3.05) is 0 Å². The molecule has 0 atom stereocenters. The van der Waals surface area contributed by atoms with Crippen LogP contribution in [-0.2, 0) is 13.0 Å². The molecule has 0 saturated carbocycles. The van der Waals surface area contributed by atoms with Crippen LogP contribution in [0.1, 0.15) is 16.7 Å². The third-order valence-electron chi connectivity index (χ3n) is 2.33. The number of hydrogen-bond donors (Lipinski definition) is 0. The first kappa shape index (κ1) is 12.9. The van der Waals surface area contributed by atoms with Crippen LogP contribution in [0.25, 0.3) is 0 Å². The minimum atomic E-state index is 0.570. The van der Waals surface area contributed by atoms with Crippen molar-refractivity contribution < 1.29 is 4.74 Å². The highest BCUT2D eigenvalue weighted by Crippen LogP contribution is 2.29. The van der Waals surface area contributed by atoms with Crippen LogP contribution in [0.4, 0.5) is 0 Å². The fourth-order valence-electron chi connectivity index (χ4n) is 1.43. The van der Waals surface area contributed by atoms with Gasteiger partial charge in [0.1, 0.15) is 12.4 Å². The van der Waals surface area contributed by atoms with E-state index >= 15 is 0 Å². The highest BCUT2D eigenvalue weighted by atomic mass is 79.9. The summed E-state index contributed by atoms with van der Waals surface area (Å²) < 4.78 is 6.68. The van der Waals surface area contributed by atoms with Gasteiger partial charge < -0.3 is 4.74 Å². The molecule has 0 N–H and O–H groups in total. The lowest BCUT2D eigenvalue weighted by Crippen LogP contribution is -1.93. The molecule has 4 heteroatoms. The zero-order valence-electron chi connectivity index (χ0n) is 9.37. The van der Waals surface area contributed by atoms with Crippen molar-refractivity contribution in [1.82, 2.24) is 0 Å². The lowest BCUT2D eigenvalue weighted by atomic mass is 10.3. The number of rotatable bonds is 4. The van der Waals surface area contributed by atoms with E-state index in [9.17, 15) is 0 Å². The molecule has 1 heterocycles. The van der Waals surface area contributed by atoms with Crippen molar-refractivity contribution >= 4 is 38.9 Å². The van der Waals surface area contributed by atoms with Gasteiger partial charge in [0, 0.05) is 14.2 Å². The Labute approximate surface area is 119 Å². The van der Waals surface area contributed by atoms with Crippen molar-refractivity contribution in [3.8, 4) is 5.75 Å². The summed E-state index contributed by atoms with van der Waals surface area (Å²) in [6, 6.07) is 9.86. The Kier molecular flexibility index (Phi) is 4.48. The van der Waals surface area contributed by atoms with E-state index in [4.69, 9.17) is 16.3 Å². The smallest absolute Gasteiger partial charge is 0.139 e. The van der Waals surface area contributed by atoms with Gasteiger partial charge in [0.2, 0.25) is 0 Å². The van der Waals surface area contributed by atoms with Crippen LogP contribution in [0.5, 0.6) is 5.75 Å². The Morgan fingerprint density at radius 2 is 2.00 bits per heavy atom. The zero-order chi connectivity index (χ0) is 12.3. The van der Waals surface area contributed by atoms with Crippen LogP contribution in [0.3, 0.4) is 0 Å². The first-order valence-corrected chi connectivity index (χ1v) is 7.33. The third-order valence-corrected chi connectivity index (χ3v) is 4.34. The molecule has 2 rings (SSSR count).